The Labute approximate surface area is 97.4 Å². The number of aromatic nitrogens is 2. The highest BCUT2D eigenvalue weighted by molar-refractivity contribution is 5.84. The molecule has 2 heterocycles. The van der Waals surface area contributed by atoms with Crippen LogP contribution < -0.4 is 4.74 Å². The lowest BCUT2D eigenvalue weighted by molar-refractivity contribution is 0.0658. The van der Waals surface area contributed by atoms with Gasteiger partial charge in [-0.3, -0.25) is 4.68 Å². The van der Waals surface area contributed by atoms with E-state index in [4.69, 9.17) is 14.3 Å². The predicted molar refractivity (Wildman–Crippen MR) is 57.9 cm³/mol. The molecule has 2 aromatic heterocycles. The maximum atomic E-state index is 10.6. The topological polar surface area (TPSA) is 77.5 Å². The number of rotatable bonds is 5. The van der Waals surface area contributed by atoms with Crippen LogP contribution in [0.25, 0.3) is 0 Å². The lowest BCUT2D eigenvalue weighted by Crippen LogP contribution is -1.95. The third-order valence-corrected chi connectivity index (χ3v) is 2.19. The molecule has 0 atom stereocenters. The van der Waals surface area contributed by atoms with Crippen LogP contribution in [0, 0.1) is 0 Å². The third-order valence-electron chi connectivity index (χ3n) is 2.19. The Balaban J connectivity index is 1.94. The maximum Gasteiger partial charge on any atom is 0.371 e. The Kier molecular flexibility index (Phi) is 3.13. The second kappa shape index (κ2) is 4.73. The van der Waals surface area contributed by atoms with Gasteiger partial charge in [0, 0.05) is 6.54 Å². The molecule has 1 N–H and O–H groups in total. The van der Waals surface area contributed by atoms with E-state index in [-0.39, 0.29) is 12.4 Å². The summed E-state index contributed by atoms with van der Waals surface area (Å²) in [6, 6.07) is 2.98. The van der Waals surface area contributed by atoms with E-state index in [1.165, 1.54) is 6.07 Å². The highest BCUT2D eigenvalue weighted by atomic mass is 16.5. The van der Waals surface area contributed by atoms with Gasteiger partial charge in [0.2, 0.25) is 5.76 Å². The van der Waals surface area contributed by atoms with E-state index in [0.29, 0.717) is 11.5 Å². The summed E-state index contributed by atoms with van der Waals surface area (Å²) >= 11 is 0. The monoisotopic (exact) mass is 236 g/mol. The summed E-state index contributed by atoms with van der Waals surface area (Å²) in [5.41, 5.74) is 0. The number of hydrogen-bond donors (Lipinski definition) is 1. The molecule has 2 rings (SSSR count). The highest BCUT2D eigenvalue weighted by Crippen LogP contribution is 2.13. The van der Waals surface area contributed by atoms with Crippen molar-refractivity contribution in [2.45, 2.75) is 20.1 Å². The lowest BCUT2D eigenvalue weighted by atomic mass is 10.4. The third kappa shape index (κ3) is 2.66. The molecule has 6 nitrogen and oxygen atoms in total. The fourth-order valence-electron chi connectivity index (χ4n) is 1.32. The Bertz CT molecular complexity index is 515. The van der Waals surface area contributed by atoms with E-state index in [9.17, 15) is 4.79 Å². The van der Waals surface area contributed by atoms with Crippen molar-refractivity contribution in [1.29, 1.82) is 0 Å². The van der Waals surface area contributed by atoms with Gasteiger partial charge in [-0.25, -0.2) is 4.79 Å². The van der Waals surface area contributed by atoms with Gasteiger partial charge >= 0.3 is 5.97 Å². The second-order valence-electron chi connectivity index (χ2n) is 3.39. The van der Waals surface area contributed by atoms with Gasteiger partial charge in [-0.05, 0) is 19.1 Å². The predicted octanol–water partition coefficient (Wildman–Crippen LogP) is 1.77. The van der Waals surface area contributed by atoms with Crippen LogP contribution in [0.2, 0.25) is 0 Å². The van der Waals surface area contributed by atoms with E-state index >= 15 is 0 Å². The minimum Gasteiger partial charge on any atom is -0.482 e. The number of aryl methyl sites for hydroxylation is 1. The van der Waals surface area contributed by atoms with Crippen molar-refractivity contribution in [3.8, 4) is 5.75 Å². The molecule has 90 valence electrons. The Hall–Kier alpha value is -2.24. The first kappa shape index (κ1) is 11.3. The summed E-state index contributed by atoms with van der Waals surface area (Å²) < 4.78 is 12.2. The summed E-state index contributed by atoms with van der Waals surface area (Å²) in [5, 5.41) is 12.7. The number of hydrogen-bond acceptors (Lipinski definition) is 4. The van der Waals surface area contributed by atoms with E-state index < -0.39 is 5.97 Å². The molecular formula is C11H12N2O4. The Morgan fingerprint density at radius 1 is 1.59 bits per heavy atom. The van der Waals surface area contributed by atoms with Gasteiger partial charge in [-0.1, -0.05) is 0 Å². The van der Waals surface area contributed by atoms with Crippen molar-refractivity contribution < 1.29 is 19.1 Å². The molecule has 2 aromatic rings. The first-order chi connectivity index (χ1) is 8.19. The van der Waals surface area contributed by atoms with Crippen LogP contribution in [-0.4, -0.2) is 20.9 Å². The second-order valence-corrected chi connectivity index (χ2v) is 3.39. The summed E-state index contributed by atoms with van der Waals surface area (Å²) in [4.78, 5) is 10.6. The van der Waals surface area contributed by atoms with Crippen LogP contribution >= 0.6 is 0 Å². The van der Waals surface area contributed by atoms with Crippen molar-refractivity contribution >= 4 is 5.97 Å². The van der Waals surface area contributed by atoms with Crippen LogP contribution in [0.3, 0.4) is 0 Å². The number of furan rings is 1. The zero-order valence-electron chi connectivity index (χ0n) is 9.29. The number of carboxylic acids is 1. The fraction of sp³-hybridized carbons (Fsp3) is 0.273. The van der Waals surface area contributed by atoms with Crippen LogP contribution in [0.1, 0.15) is 23.2 Å². The molecular weight excluding hydrogens is 224 g/mol. The van der Waals surface area contributed by atoms with Gasteiger partial charge in [-0.2, -0.15) is 5.10 Å². The highest BCUT2D eigenvalue weighted by Gasteiger charge is 2.09. The number of carboxylic acid groups (broad SMARTS) is 1. The molecule has 0 bridgehead atoms. The SMILES string of the molecule is CCn1cc(OCc2ccc(C(=O)O)o2)cn1. The fourth-order valence-corrected chi connectivity index (χ4v) is 1.32. The van der Waals surface area contributed by atoms with Crippen LogP contribution in [-0.2, 0) is 13.2 Å². The van der Waals surface area contributed by atoms with Gasteiger partial charge in [0.05, 0.1) is 12.4 Å². The van der Waals surface area contributed by atoms with Gasteiger partial charge < -0.3 is 14.3 Å². The average Bonchev–Trinajstić information content (AvgIpc) is 2.95. The van der Waals surface area contributed by atoms with E-state index in [1.54, 1.807) is 23.1 Å². The van der Waals surface area contributed by atoms with Gasteiger partial charge in [0.1, 0.15) is 12.4 Å². The van der Waals surface area contributed by atoms with E-state index in [0.717, 1.165) is 6.54 Å². The minimum absolute atomic E-state index is 0.0900. The van der Waals surface area contributed by atoms with E-state index in [1.807, 2.05) is 6.92 Å². The normalized spacial score (nSPS) is 10.4. The Morgan fingerprint density at radius 3 is 3.00 bits per heavy atom. The van der Waals surface area contributed by atoms with Gasteiger partial charge in [0.25, 0.3) is 0 Å². The molecule has 6 heteroatoms. The number of carbonyl (C=O) groups is 1. The van der Waals surface area contributed by atoms with Gasteiger partial charge in [-0.15, -0.1) is 0 Å². The molecule has 0 radical (unpaired) electrons. The van der Waals surface area contributed by atoms with Gasteiger partial charge in [0.15, 0.2) is 5.75 Å². The summed E-state index contributed by atoms with van der Waals surface area (Å²) in [6.45, 7) is 2.93. The molecule has 0 saturated heterocycles. The summed E-state index contributed by atoms with van der Waals surface area (Å²) in [6.07, 6.45) is 3.37. The van der Waals surface area contributed by atoms with Crippen molar-refractivity contribution in [3.05, 3.63) is 36.0 Å². The summed E-state index contributed by atoms with van der Waals surface area (Å²) in [5.74, 6) is -0.0883. The molecule has 0 aliphatic carbocycles. The lowest BCUT2D eigenvalue weighted by Gasteiger charge is -1.99. The number of aromatic carboxylic acids is 1. The average molecular weight is 236 g/mol. The zero-order chi connectivity index (χ0) is 12.3. The van der Waals surface area contributed by atoms with E-state index in [2.05, 4.69) is 5.10 Å². The quantitative estimate of drug-likeness (QED) is 0.856. The van der Waals surface area contributed by atoms with Crippen molar-refractivity contribution in [1.82, 2.24) is 9.78 Å². The summed E-state index contributed by atoms with van der Waals surface area (Å²) in [7, 11) is 0. The smallest absolute Gasteiger partial charge is 0.371 e. The van der Waals surface area contributed by atoms with Crippen molar-refractivity contribution in [2.24, 2.45) is 0 Å². The number of nitrogens with zero attached hydrogens (tertiary/aromatic N) is 2. The molecule has 0 unspecified atom stereocenters. The molecule has 0 spiro atoms. The maximum absolute atomic E-state index is 10.6. The van der Waals surface area contributed by atoms with Crippen LogP contribution in [0.5, 0.6) is 5.75 Å². The molecule has 17 heavy (non-hydrogen) atoms. The standard InChI is InChI=1S/C11H12N2O4/c1-2-13-6-9(5-12-13)16-7-8-3-4-10(17-8)11(14)15/h3-6H,2,7H2,1H3,(H,14,15). The zero-order valence-corrected chi connectivity index (χ0v) is 9.29. The molecule has 0 aliphatic rings. The van der Waals surface area contributed by atoms with Crippen molar-refractivity contribution in [2.75, 3.05) is 0 Å². The molecule has 0 amide bonds. The van der Waals surface area contributed by atoms with Crippen LogP contribution in [0.4, 0.5) is 0 Å². The first-order valence-electron chi connectivity index (χ1n) is 5.16. The van der Waals surface area contributed by atoms with Crippen LogP contribution in [0.15, 0.2) is 28.9 Å². The largest absolute Gasteiger partial charge is 0.482 e. The molecule has 0 fully saturated rings. The minimum atomic E-state index is -1.09. The molecule has 0 aliphatic heterocycles. The molecule has 0 saturated carbocycles. The number of ether oxygens (including phenoxy) is 1. The van der Waals surface area contributed by atoms with Crippen molar-refractivity contribution in [3.63, 3.8) is 0 Å². The first-order valence-corrected chi connectivity index (χ1v) is 5.16. The molecule has 0 aromatic carbocycles. The Morgan fingerprint density at radius 2 is 2.41 bits per heavy atom.